The standard InChI is InChI=1S/C20H31N3O3/c1-15-7-5-8-17(11-15)16(2)13-21-19(25)23-10-6-9-20(26,14-23)12-18(24)22(3)4/h5,7-8,11,16,26H,6,9-10,12-14H2,1-4H3,(H,21,25). The number of aryl methyl sites for hydroxylation is 1. The van der Waals surface area contributed by atoms with Gasteiger partial charge in [-0.2, -0.15) is 0 Å². The first-order chi connectivity index (χ1) is 12.2. The Kier molecular flexibility index (Phi) is 6.64. The van der Waals surface area contributed by atoms with Crippen molar-refractivity contribution in [1.29, 1.82) is 0 Å². The molecule has 6 heteroatoms. The number of hydrogen-bond donors (Lipinski definition) is 2. The van der Waals surface area contributed by atoms with Crippen LogP contribution in [0.15, 0.2) is 24.3 Å². The van der Waals surface area contributed by atoms with Gasteiger partial charge in [0.25, 0.3) is 0 Å². The van der Waals surface area contributed by atoms with Crippen LogP contribution in [0.3, 0.4) is 0 Å². The topological polar surface area (TPSA) is 72.9 Å². The second kappa shape index (κ2) is 8.54. The number of nitrogens with one attached hydrogen (secondary N) is 1. The zero-order valence-electron chi connectivity index (χ0n) is 16.3. The fraction of sp³-hybridized carbons (Fsp3) is 0.600. The van der Waals surface area contributed by atoms with E-state index in [1.54, 1.807) is 19.0 Å². The number of amides is 3. The van der Waals surface area contributed by atoms with Gasteiger partial charge in [-0.15, -0.1) is 0 Å². The lowest BCUT2D eigenvalue weighted by Crippen LogP contribution is -2.54. The van der Waals surface area contributed by atoms with Crippen LogP contribution in [-0.4, -0.2) is 66.2 Å². The summed E-state index contributed by atoms with van der Waals surface area (Å²) in [6, 6.07) is 8.09. The summed E-state index contributed by atoms with van der Waals surface area (Å²) in [7, 11) is 3.34. The highest BCUT2D eigenvalue weighted by molar-refractivity contribution is 5.77. The molecule has 26 heavy (non-hydrogen) atoms. The zero-order valence-corrected chi connectivity index (χ0v) is 16.3. The van der Waals surface area contributed by atoms with E-state index in [-0.39, 0.29) is 30.8 Å². The first-order valence-electron chi connectivity index (χ1n) is 9.22. The van der Waals surface area contributed by atoms with Gasteiger partial charge in [0.2, 0.25) is 5.91 Å². The largest absolute Gasteiger partial charge is 0.387 e. The van der Waals surface area contributed by atoms with E-state index in [4.69, 9.17) is 0 Å². The molecule has 2 rings (SSSR count). The number of urea groups is 1. The Morgan fingerprint density at radius 1 is 1.38 bits per heavy atom. The molecule has 1 aromatic rings. The molecule has 2 atom stereocenters. The van der Waals surface area contributed by atoms with Gasteiger partial charge in [-0.05, 0) is 31.2 Å². The van der Waals surface area contributed by atoms with Crippen LogP contribution in [0.25, 0.3) is 0 Å². The highest BCUT2D eigenvalue weighted by atomic mass is 16.3. The van der Waals surface area contributed by atoms with Gasteiger partial charge in [0.05, 0.1) is 18.6 Å². The van der Waals surface area contributed by atoms with Crippen LogP contribution < -0.4 is 5.32 Å². The van der Waals surface area contributed by atoms with Crippen molar-refractivity contribution < 1.29 is 14.7 Å². The molecule has 1 aliphatic heterocycles. The van der Waals surface area contributed by atoms with Crippen LogP contribution in [0.4, 0.5) is 4.79 Å². The van der Waals surface area contributed by atoms with Crippen molar-refractivity contribution in [2.75, 3.05) is 33.7 Å². The smallest absolute Gasteiger partial charge is 0.317 e. The van der Waals surface area contributed by atoms with Gasteiger partial charge in [-0.25, -0.2) is 4.79 Å². The molecule has 1 aliphatic rings. The second-order valence-electron chi connectivity index (χ2n) is 7.72. The number of nitrogens with zero attached hydrogens (tertiary/aromatic N) is 2. The maximum atomic E-state index is 12.5. The van der Waals surface area contributed by atoms with Gasteiger partial charge in [0.15, 0.2) is 0 Å². The summed E-state index contributed by atoms with van der Waals surface area (Å²) in [6.45, 7) is 5.46. The lowest BCUT2D eigenvalue weighted by Gasteiger charge is -2.39. The van der Waals surface area contributed by atoms with Crippen LogP contribution in [0, 0.1) is 6.92 Å². The molecule has 1 heterocycles. The molecule has 2 unspecified atom stereocenters. The van der Waals surface area contributed by atoms with E-state index in [9.17, 15) is 14.7 Å². The Morgan fingerprint density at radius 3 is 2.77 bits per heavy atom. The number of likely N-dealkylation sites (tertiary alicyclic amines) is 1. The van der Waals surface area contributed by atoms with Crippen LogP contribution in [0.2, 0.25) is 0 Å². The fourth-order valence-electron chi connectivity index (χ4n) is 3.32. The van der Waals surface area contributed by atoms with Gasteiger partial charge in [-0.3, -0.25) is 4.79 Å². The minimum Gasteiger partial charge on any atom is -0.387 e. The number of carbonyl (C=O) groups is 2. The van der Waals surface area contributed by atoms with Crippen LogP contribution >= 0.6 is 0 Å². The third-order valence-electron chi connectivity index (χ3n) is 4.99. The average molecular weight is 361 g/mol. The number of hydrogen-bond acceptors (Lipinski definition) is 3. The Hall–Kier alpha value is -2.08. The number of rotatable bonds is 5. The summed E-state index contributed by atoms with van der Waals surface area (Å²) in [6.07, 6.45) is 1.28. The molecule has 0 aliphatic carbocycles. The van der Waals surface area contributed by atoms with E-state index in [0.29, 0.717) is 25.9 Å². The molecular formula is C20H31N3O3. The van der Waals surface area contributed by atoms with Crippen LogP contribution in [-0.2, 0) is 4.79 Å². The second-order valence-corrected chi connectivity index (χ2v) is 7.72. The van der Waals surface area contributed by atoms with E-state index in [1.165, 1.54) is 16.0 Å². The van der Waals surface area contributed by atoms with E-state index >= 15 is 0 Å². The Labute approximate surface area is 156 Å². The lowest BCUT2D eigenvalue weighted by atomic mass is 9.89. The van der Waals surface area contributed by atoms with Gasteiger partial charge in [-0.1, -0.05) is 36.8 Å². The molecule has 1 saturated heterocycles. The Bertz CT molecular complexity index is 647. The summed E-state index contributed by atoms with van der Waals surface area (Å²) in [4.78, 5) is 27.5. The van der Waals surface area contributed by atoms with Crippen molar-refractivity contribution in [2.24, 2.45) is 0 Å². The summed E-state index contributed by atoms with van der Waals surface area (Å²) < 4.78 is 0. The third-order valence-corrected chi connectivity index (χ3v) is 4.99. The summed E-state index contributed by atoms with van der Waals surface area (Å²) in [5, 5.41) is 13.7. The molecule has 0 saturated carbocycles. The van der Waals surface area contributed by atoms with Crippen molar-refractivity contribution in [3.05, 3.63) is 35.4 Å². The van der Waals surface area contributed by atoms with Crippen molar-refractivity contribution in [3.8, 4) is 0 Å². The average Bonchev–Trinajstić information content (AvgIpc) is 2.58. The first kappa shape index (κ1) is 20.2. The predicted molar refractivity (Wildman–Crippen MR) is 102 cm³/mol. The fourth-order valence-corrected chi connectivity index (χ4v) is 3.32. The number of aliphatic hydroxyl groups is 1. The third kappa shape index (κ3) is 5.46. The van der Waals surface area contributed by atoms with Crippen molar-refractivity contribution in [1.82, 2.24) is 15.1 Å². The first-order valence-corrected chi connectivity index (χ1v) is 9.22. The summed E-state index contributed by atoms with van der Waals surface area (Å²) in [5.74, 6) is 0.0840. The molecule has 1 aromatic carbocycles. The van der Waals surface area contributed by atoms with E-state index in [2.05, 4.69) is 37.4 Å². The molecule has 0 radical (unpaired) electrons. The minimum atomic E-state index is -1.14. The number of benzene rings is 1. The van der Waals surface area contributed by atoms with Gasteiger partial charge in [0.1, 0.15) is 0 Å². The highest BCUT2D eigenvalue weighted by Crippen LogP contribution is 2.25. The maximum Gasteiger partial charge on any atom is 0.317 e. The van der Waals surface area contributed by atoms with E-state index in [1.807, 2.05) is 6.07 Å². The normalized spacial score (nSPS) is 21.2. The van der Waals surface area contributed by atoms with Crippen molar-refractivity contribution >= 4 is 11.9 Å². The molecule has 0 bridgehead atoms. The molecule has 0 spiro atoms. The monoisotopic (exact) mass is 361 g/mol. The lowest BCUT2D eigenvalue weighted by molar-refractivity contribution is -0.135. The van der Waals surface area contributed by atoms with Crippen LogP contribution in [0.5, 0.6) is 0 Å². The van der Waals surface area contributed by atoms with Crippen molar-refractivity contribution in [3.63, 3.8) is 0 Å². The molecular weight excluding hydrogens is 330 g/mol. The van der Waals surface area contributed by atoms with Gasteiger partial charge < -0.3 is 20.2 Å². The minimum absolute atomic E-state index is 0.0451. The molecule has 2 N–H and O–H groups in total. The molecule has 144 valence electrons. The van der Waals surface area contributed by atoms with Crippen LogP contribution in [0.1, 0.15) is 43.2 Å². The Balaban J connectivity index is 1.89. The molecule has 3 amide bonds. The van der Waals surface area contributed by atoms with E-state index < -0.39 is 5.60 Å². The molecule has 1 fully saturated rings. The summed E-state index contributed by atoms with van der Waals surface area (Å²) >= 11 is 0. The van der Waals surface area contributed by atoms with E-state index in [0.717, 1.165) is 0 Å². The number of β-amino-alcohol motifs (C(OH)–C–C–N with tert-alkyl or cyclic N) is 1. The maximum absolute atomic E-state index is 12.5. The zero-order chi connectivity index (χ0) is 19.3. The SMILES string of the molecule is Cc1cccc(C(C)CNC(=O)N2CCCC(O)(CC(=O)N(C)C)C2)c1. The predicted octanol–water partition coefficient (Wildman–Crippen LogP) is 2.11. The Morgan fingerprint density at radius 2 is 2.12 bits per heavy atom. The summed E-state index contributed by atoms with van der Waals surface area (Å²) in [5.41, 5.74) is 1.25. The number of carbonyl (C=O) groups excluding carboxylic acids is 2. The quantitative estimate of drug-likeness (QED) is 0.844. The van der Waals surface area contributed by atoms with Gasteiger partial charge in [0, 0.05) is 27.2 Å². The molecule has 6 nitrogen and oxygen atoms in total. The highest BCUT2D eigenvalue weighted by Gasteiger charge is 2.37. The van der Waals surface area contributed by atoms with Crippen molar-refractivity contribution in [2.45, 2.75) is 44.6 Å². The number of piperidine rings is 1. The molecule has 0 aromatic heterocycles. The van der Waals surface area contributed by atoms with Gasteiger partial charge >= 0.3 is 6.03 Å².